The SMILES string of the molecule is Cc1nc(-n2cccn2)ccc1C(=O)O. The van der Waals surface area contributed by atoms with E-state index < -0.39 is 5.97 Å². The highest BCUT2D eigenvalue weighted by molar-refractivity contribution is 5.88. The molecule has 0 aromatic carbocycles. The van der Waals surface area contributed by atoms with Gasteiger partial charge in [0.25, 0.3) is 0 Å². The molecular formula is C10H9N3O2. The summed E-state index contributed by atoms with van der Waals surface area (Å²) in [6, 6.07) is 4.94. The van der Waals surface area contributed by atoms with Crippen LogP contribution in [0.1, 0.15) is 16.1 Å². The molecule has 0 fully saturated rings. The maximum atomic E-state index is 10.8. The average molecular weight is 203 g/mol. The monoisotopic (exact) mass is 203 g/mol. The van der Waals surface area contributed by atoms with Crippen molar-refractivity contribution in [3.63, 3.8) is 0 Å². The standard InChI is InChI=1S/C10H9N3O2/c1-7-8(10(14)15)3-4-9(12-7)13-6-2-5-11-13/h2-6H,1H3,(H,14,15). The van der Waals surface area contributed by atoms with Crippen LogP contribution < -0.4 is 0 Å². The normalized spacial score (nSPS) is 10.2. The molecule has 0 bridgehead atoms. The number of hydrogen-bond donors (Lipinski definition) is 1. The molecule has 2 aromatic rings. The van der Waals surface area contributed by atoms with Crippen molar-refractivity contribution in [3.8, 4) is 5.82 Å². The summed E-state index contributed by atoms with van der Waals surface area (Å²) in [5.74, 6) is -0.352. The highest BCUT2D eigenvalue weighted by atomic mass is 16.4. The van der Waals surface area contributed by atoms with Gasteiger partial charge >= 0.3 is 5.97 Å². The molecule has 15 heavy (non-hydrogen) atoms. The number of pyridine rings is 1. The van der Waals surface area contributed by atoms with Crippen molar-refractivity contribution in [3.05, 3.63) is 41.9 Å². The van der Waals surface area contributed by atoms with Crippen molar-refractivity contribution >= 4 is 5.97 Å². The molecule has 0 aliphatic carbocycles. The van der Waals surface area contributed by atoms with Crippen molar-refractivity contribution in [1.82, 2.24) is 14.8 Å². The van der Waals surface area contributed by atoms with Crippen LogP contribution in [0.4, 0.5) is 0 Å². The summed E-state index contributed by atoms with van der Waals surface area (Å²) >= 11 is 0. The number of rotatable bonds is 2. The molecular weight excluding hydrogens is 194 g/mol. The lowest BCUT2D eigenvalue weighted by molar-refractivity contribution is 0.0695. The Morgan fingerprint density at radius 1 is 1.47 bits per heavy atom. The van der Waals surface area contributed by atoms with Crippen molar-refractivity contribution < 1.29 is 9.90 Å². The zero-order chi connectivity index (χ0) is 10.8. The maximum Gasteiger partial charge on any atom is 0.337 e. The minimum Gasteiger partial charge on any atom is -0.478 e. The van der Waals surface area contributed by atoms with E-state index >= 15 is 0 Å². The van der Waals surface area contributed by atoms with Crippen molar-refractivity contribution in [2.45, 2.75) is 6.92 Å². The number of aromatic nitrogens is 3. The molecule has 0 unspecified atom stereocenters. The van der Waals surface area contributed by atoms with E-state index in [4.69, 9.17) is 5.11 Å². The molecule has 76 valence electrons. The van der Waals surface area contributed by atoms with Crippen LogP contribution in [-0.2, 0) is 0 Å². The van der Waals surface area contributed by atoms with Gasteiger partial charge in [-0.15, -0.1) is 0 Å². The van der Waals surface area contributed by atoms with Gasteiger partial charge in [-0.05, 0) is 25.1 Å². The second-order valence-corrected chi connectivity index (χ2v) is 3.06. The predicted octanol–water partition coefficient (Wildman–Crippen LogP) is 1.27. The van der Waals surface area contributed by atoms with Gasteiger partial charge in [0.05, 0.1) is 11.3 Å². The Labute approximate surface area is 86.0 Å². The van der Waals surface area contributed by atoms with E-state index in [1.54, 1.807) is 36.1 Å². The second kappa shape index (κ2) is 3.53. The Morgan fingerprint density at radius 2 is 2.27 bits per heavy atom. The molecule has 0 radical (unpaired) electrons. The molecule has 2 heterocycles. The Kier molecular flexibility index (Phi) is 2.21. The van der Waals surface area contributed by atoms with Gasteiger partial charge in [-0.25, -0.2) is 14.5 Å². The Balaban J connectivity index is 2.47. The first kappa shape index (κ1) is 9.39. The van der Waals surface area contributed by atoms with Crippen molar-refractivity contribution in [2.24, 2.45) is 0 Å². The Hall–Kier alpha value is -2.17. The summed E-state index contributed by atoms with van der Waals surface area (Å²) < 4.78 is 1.58. The van der Waals surface area contributed by atoms with Crippen LogP contribution in [0.25, 0.3) is 5.82 Å². The fourth-order valence-electron chi connectivity index (χ4n) is 1.31. The third kappa shape index (κ3) is 1.71. The number of carboxylic acid groups (broad SMARTS) is 1. The number of nitrogens with zero attached hydrogens (tertiary/aromatic N) is 3. The van der Waals surface area contributed by atoms with E-state index in [0.29, 0.717) is 11.5 Å². The topological polar surface area (TPSA) is 68.0 Å². The number of aryl methyl sites for hydroxylation is 1. The van der Waals surface area contributed by atoms with Crippen molar-refractivity contribution in [2.75, 3.05) is 0 Å². The van der Waals surface area contributed by atoms with Crippen LogP contribution in [0.2, 0.25) is 0 Å². The van der Waals surface area contributed by atoms with Crippen LogP contribution in [0, 0.1) is 6.92 Å². The summed E-state index contributed by atoms with van der Waals surface area (Å²) in [4.78, 5) is 14.9. The third-order valence-corrected chi connectivity index (χ3v) is 2.04. The third-order valence-electron chi connectivity index (χ3n) is 2.04. The molecule has 1 N–H and O–H groups in total. The zero-order valence-electron chi connectivity index (χ0n) is 8.08. The van der Waals surface area contributed by atoms with Crippen LogP contribution in [0.15, 0.2) is 30.6 Å². The van der Waals surface area contributed by atoms with E-state index in [1.165, 1.54) is 6.07 Å². The summed E-state index contributed by atoms with van der Waals surface area (Å²) in [6.07, 6.45) is 3.39. The van der Waals surface area contributed by atoms with Crippen LogP contribution >= 0.6 is 0 Å². The fourth-order valence-corrected chi connectivity index (χ4v) is 1.31. The molecule has 5 heteroatoms. The van der Waals surface area contributed by atoms with Gasteiger partial charge in [-0.3, -0.25) is 0 Å². The molecule has 2 rings (SSSR count). The number of carbonyl (C=O) groups is 1. The molecule has 2 aromatic heterocycles. The quantitative estimate of drug-likeness (QED) is 0.798. The first-order valence-corrected chi connectivity index (χ1v) is 4.39. The van der Waals surface area contributed by atoms with Gasteiger partial charge < -0.3 is 5.11 Å². The van der Waals surface area contributed by atoms with Gasteiger partial charge in [0.15, 0.2) is 5.82 Å². The molecule has 0 aliphatic heterocycles. The second-order valence-electron chi connectivity index (χ2n) is 3.06. The number of carboxylic acids is 1. The van der Waals surface area contributed by atoms with Gasteiger partial charge in [-0.1, -0.05) is 0 Å². The summed E-state index contributed by atoms with van der Waals surface area (Å²) in [5.41, 5.74) is 0.696. The van der Waals surface area contributed by atoms with Gasteiger partial charge in [0.1, 0.15) is 0 Å². The van der Waals surface area contributed by atoms with Crippen LogP contribution in [-0.4, -0.2) is 25.8 Å². The highest BCUT2D eigenvalue weighted by Crippen LogP contribution is 2.09. The zero-order valence-corrected chi connectivity index (χ0v) is 8.08. The minimum atomic E-state index is -0.966. The van der Waals surface area contributed by atoms with Gasteiger partial charge in [0, 0.05) is 12.4 Å². The smallest absolute Gasteiger partial charge is 0.337 e. The van der Waals surface area contributed by atoms with Gasteiger partial charge in [-0.2, -0.15) is 5.10 Å². The van der Waals surface area contributed by atoms with E-state index in [0.717, 1.165) is 0 Å². The molecule has 0 spiro atoms. The predicted molar refractivity (Wildman–Crippen MR) is 53.1 cm³/mol. The summed E-state index contributed by atoms with van der Waals surface area (Å²) in [7, 11) is 0. The summed E-state index contributed by atoms with van der Waals surface area (Å²) in [5, 5.41) is 12.8. The summed E-state index contributed by atoms with van der Waals surface area (Å²) in [6.45, 7) is 1.66. The Bertz CT molecular complexity index is 491. The molecule has 0 saturated carbocycles. The van der Waals surface area contributed by atoms with Crippen molar-refractivity contribution in [1.29, 1.82) is 0 Å². The minimum absolute atomic E-state index is 0.214. The lowest BCUT2D eigenvalue weighted by Gasteiger charge is -2.03. The van der Waals surface area contributed by atoms with E-state index in [9.17, 15) is 4.79 Å². The molecule has 0 amide bonds. The number of aromatic carboxylic acids is 1. The van der Waals surface area contributed by atoms with Crippen LogP contribution in [0.3, 0.4) is 0 Å². The number of hydrogen-bond acceptors (Lipinski definition) is 3. The molecule has 0 atom stereocenters. The first-order valence-electron chi connectivity index (χ1n) is 4.39. The first-order chi connectivity index (χ1) is 7.18. The van der Waals surface area contributed by atoms with Gasteiger partial charge in [0.2, 0.25) is 0 Å². The largest absolute Gasteiger partial charge is 0.478 e. The maximum absolute atomic E-state index is 10.8. The molecule has 0 saturated heterocycles. The molecule has 0 aliphatic rings. The van der Waals surface area contributed by atoms with Crippen LogP contribution in [0.5, 0.6) is 0 Å². The van der Waals surface area contributed by atoms with E-state index in [-0.39, 0.29) is 5.56 Å². The Morgan fingerprint density at radius 3 is 2.80 bits per heavy atom. The highest BCUT2D eigenvalue weighted by Gasteiger charge is 2.09. The van der Waals surface area contributed by atoms with E-state index in [2.05, 4.69) is 10.1 Å². The molecule has 5 nitrogen and oxygen atoms in total. The fraction of sp³-hybridized carbons (Fsp3) is 0.100. The average Bonchev–Trinajstić information content (AvgIpc) is 2.69. The lowest BCUT2D eigenvalue weighted by atomic mass is 10.2. The lowest BCUT2D eigenvalue weighted by Crippen LogP contribution is -2.05. The van der Waals surface area contributed by atoms with E-state index in [1.807, 2.05) is 0 Å².